The Morgan fingerprint density at radius 1 is 1.04 bits per heavy atom. The summed E-state index contributed by atoms with van der Waals surface area (Å²) in [7, 11) is 1.42. The van der Waals surface area contributed by atoms with E-state index in [0.29, 0.717) is 6.42 Å². The lowest BCUT2D eigenvalue weighted by Crippen LogP contribution is -2.01. The van der Waals surface area contributed by atoms with Gasteiger partial charge in [0.05, 0.1) is 13.2 Å². The van der Waals surface area contributed by atoms with Gasteiger partial charge in [-0.1, -0.05) is 68.4 Å². The van der Waals surface area contributed by atoms with Crippen molar-refractivity contribution in [2.24, 2.45) is 0 Å². The van der Waals surface area contributed by atoms with Crippen molar-refractivity contribution in [3.63, 3.8) is 0 Å². The van der Waals surface area contributed by atoms with Gasteiger partial charge in [0, 0.05) is 6.42 Å². The summed E-state index contributed by atoms with van der Waals surface area (Å²) < 4.78 is 10.1. The van der Waals surface area contributed by atoms with E-state index >= 15 is 0 Å². The molecule has 1 heterocycles. The van der Waals surface area contributed by atoms with Gasteiger partial charge >= 0.3 is 5.97 Å². The Hall–Kier alpha value is -1.61. The van der Waals surface area contributed by atoms with Crippen LogP contribution in [-0.2, 0) is 14.3 Å². The van der Waals surface area contributed by atoms with E-state index in [1.807, 2.05) is 18.2 Å². The highest BCUT2D eigenvalue weighted by Crippen LogP contribution is 2.28. The number of esters is 1. The lowest BCUT2D eigenvalue weighted by atomic mass is 10.1. The van der Waals surface area contributed by atoms with Gasteiger partial charge in [-0.15, -0.1) is 0 Å². The molecular weight excluding hydrogens is 300 g/mol. The molecular formula is C21H32O3. The topological polar surface area (TPSA) is 38.8 Å². The van der Waals surface area contributed by atoms with Crippen molar-refractivity contribution in [3.05, 3.63) is 48.6 Å². The van der Waals surface area contributed by atoms with Gasteiger partial charge in [-0.05, 0) is 32.1 Å². The molecule has 1 aliphatic heterocycles. The Kier molecular flexibility index (Phi) is 11.7. The van der Waals surface area contributed by atoms with E-state index < -0.39 is 0 Å². The van der Waals surface area contributed by atoms with Crippen molar-refractivity contribution < 1.29 is 14.3 Å². The van der Waals surface area contributed by atoms with Gasteiger partial charge in [-0.2, -0.15) is 0 Å². The predicted molar refractivity (Wildman–Crippen MR) is 99.8 cm³/mol. The van der Waals surface area contributed by atoms with Crippen molar-refractivity contribution in [1.82, 2.24) is 0 Å². The van der Waals surface area contributed by atoms with E-state index in [-0.39, 0.29) is 18.2 Å². The van der Waals surface area contributed by atoms with E-state index in [4.69, 9.17) is 4.74 Å². The summed E-state index contributed by atoms with van der Waals surface area (Å²) in [4.78, 5) is 11.0. The molecule has 1 unspecified atom stereocenters. The second-order valence-corrected chi connectivity index (χ2v) is 6.01. The molecule has 0 radical (unpaired) electrons. The van der Waals surface area contributed by atoms with Crippen LogP contribution in [0.4, 0.5) is 0 Å². The number of rotatable bonds is 13. The Bertz CT molecular complexity index is 446. The van der Waals surface area contributed by atoms with Gasteiger partial charge in [0.25, 0.3) is 0 Å². The van der Waals surface area contributed by atoms with Crippen LogP contribution in [0.15, 0.2) is 48.6 Å². The third kappa shape index (κ3) is 11.0. The second kappa shape index (κ2) is 13.8. The van der Waals surface area contributed by atoms with Gasteiger partial charge in [0.2, 0.25) is 0 Å². The zero-order valence-electron chi connectivity index (χ0n) is 15.2. The first-order chi connectivity index (χ1) is 11.8. The molecule has 3 heteroatoms. The van der Waals surface area contributed by atoms with Crippen molar-refractivity contribution in [3.8, 4) is 0 Å². The quantitative estimate of drug-likeness (QED) is 0.151. The fourth-order valence-corrected chi connectivity index (χ4v) is 2.37. The summed E-state index contributed by atoms with van der Waals surface area (Å²) >= 11 is 0. The average molecular weight is 332 g/mol. The van der Waals surface area contributed by atoms with Crippen molar-refractivity contribution in [2.45, 2.75) is 70.5 Å². The number of hydrogen-bond acceptors (Lipinski definition) is 3. The van der Waals surface area contributed by atoms with Crippen LogP contribution in [0.5, 0.6) is 0 Å². The van der Waals surface area contributed by atoms with Crippen LogP contribution in [0.25, 0.3) is 0 Å². The fourth-order valence-electron chi connectivity index (χ4n) is 2.37. The van der Waals surface area contributed by atoms with Crippen LogP contribution < -0.4 is 0 Å². The molecule has 1 aliphatic rings. The van der Waals surface area contributed by atoms with E-state index in [2.05, 4.69) is 42.0 Å². The molecule has 0 aliphatic carbocycles. The van der Waals surface area contributed by atoms with E-state index in [1.165, 1.54) is 32.8 Å². The molecule has 134 valence electrons. The summed E-state index contributed by atoms with van der Waals surface area (Å²) in [6.45, 7) is 2.23. The molecule has 3 nitrogen and oxygen atoms in total. The minimum absolute atomic E-state index is 0.145. The fraction of sp³-hybridized carbons (Fsp3) is 0.571. The smallest absolute Gasteiger partial charge is 0.305 e. The SMILES string of the molecule is CCCCC/C=C/C/C=C/C=C/C=C/C1O[C@H]1CCCC(=O)OC. The van der Waals surface area contributed by atoms with Crippen LogP contribution in [0, 0.1) is 0 Å². The zero-order valence-corrected chi connectivity index (χ0v) is 15.2. The standard InChI is InChI=1S/C21H32O3/c1-3-4-5-6-7-8-9-10-11-12-13-14-16-19-20(24-19)17-15-18-21(22)23-2/h7-8,10-14,16,19-20H,3-6,9,15,17-18H2,1-2H3/b8-7+,11-10+,13-12+,16-14+/t19?,20-/m0/s1. The summed E-state index contributed by atoms with van der Waals surface area (Å²) in [5.74, 6) is -0.145. The van der Waals surface area contributed by atoms with E-state index in [9.17, 15) is 4.79 Å². The van der Waals surface area contributed by atoms with Gasteiger partial charge < -0.3 is 9.47 Å². The maximum atomic E-state index is 11.0. The number of unbranched alkanes of at least 4 members (excludes halogenated alkanes) is 3. The van der Waals surface area contributed by atoms with Crippen LogP contribution in [0.1, 0.15) is 58.3 Å². The maximum Gasteiger partial charge on any atom is 0.305 e. The van der Waals surface area contributed by atoms with Crippen molar-refractivity contribution >= 4 is 5.97 Å². The van der Waals surface area contributed by atoms with Crippen LogP contribution >= 0.6 is 0 Å². The molecule has 0 aromatic heterocycles. The number of epoxide rings is 1. The minimum Gasteiger partial charge on any atom is -0.469 e. The van der Waals surface area contributed by atoms with Gasteiger partial charge in [0.1, 0.15) is 6.10 Å². The largest absolute Gasteiger partial charge is 0.469 e. The Morgan fingerprint density at radius 2 is 1.88 bits per heavy atom. The Morgan fingerprint density at radius 3 is 2.67 bits per heavy atom. The zero-order chi connectivity index (χ0) is 17.5. The lowest BCUT2D eigenvalue weighted by molar-refractivity contribution is -0.140. The molecule has 0 aromatic rings. The third-order valence-electron chi connectivity index (χ3n) is 3.90. The van der Waals surface area contributed by atoms with Gasteiger partial charge in [-0.3, -0.25) is 4.79 Å². The van der Waals surface area contributed by atoms with Crippen LogP contribution in [0.2, 0.25) is 0 Å². The summed E-state index contributed by atoms with van der Waals surface area (Å²) in [5.41, 5.74) is 0. The molecule has 1 saturated heterocycles. The normalized spacial score (nSPS) is 20.8. The van der Waals surface area contributed by atoms with Gasteiger partial charge in [-0.25, -0.2) is 0 Å². The molecule has 0 spiro atoms. The lowest BCUT2D eigenvalue weighted by Gasteiger charge is -1.96. The third-order valence-corrected chi connectivity index (χ3v) is 3.90. The Balaban J connectivity index is 2.00. The first-order valence-corrected chi connectivity index (χ1v) is 9.15. The highest BCUT2D eigenvalue weighted by Gasteiger charge is 2.35. The van der Waals surface area contributed by atoms with Crippen LogP contribution in [-0.4, -0.2) is 25.3 Å². The molecule has 2 atom stereocenters. The number of hydrogen-bond donors (Lipinski definition) is 0. The summed E-state index contributed by atoms with van der Waals surface area (Å²) in [6, 6.07) is 0. The molecule has 1 rings (SSSR count). The highest BCUT2D eigenvalue weighted by molar-refractivity contribution is 5.68. The average Bonchev–Trinajstić information content (AvgIpc) is 3.34. The van der Waals surface area contributed by atoms with Crippen LogP contribution in [0.3, 0.4) is 0 Å². The number of carbonyl (C=O) groups is 1. The van der Waals surface area contributed by atoms with Crippen molar-refractivity contribution in [2.75, 3.05) is 7.11 Å². The maximum absolute atomic E-state index is 11.0. The molecule has 1 fully saturated rings. The first kappa shape index (κ1) is 20.4. The van der Waals surface area contributed by atoms with Gasteiger partial charge in [0.15, 0.2) is 0 Å². The number of allylic oxidation sites excluding steroid dienone is 7. The Labute approximate surface area is 147 Å². The molecule has 0 bridgehead atoms. The monoisotopic (exact) mass is 332 g/mol. The highest BCUT2D eigenvalue weighted by atomic mass is 16.6. The number of carbonyl (C=O) groups excluding carboxylic acids is 1. The summed E-state index contributed by atoms with van der Waals surface area (Å²) in [5, 5.41) is 0. The molecule has 0 saturated carbocycles. The summed E-state index contributed by atoms with van der Waals surface area (Å²) in [6.07, 6.45) is 25.7. The molecule has 0 amide bonds. The first-order valence-electron chi connectivity index (χ1n) is 9.15. The molecule has 0 aromatic carbocycles. The number of ether oxygens (including phenoxy) is 2. The second-order valence-electron chi connectivity index (χ2n) is 6.01. The van der Waals surface area contributed by atoms with E-state index in [0.717, 1.165) is 19.3 Å². The van der Waals surface area contributed by atoms with E-state index in [1.54, 1.807) is 0 Å². The minimum atomic E-state index is -0.145. The van der Waals surface area contributed by atoms with Crippen molar-refractivity contribution in [1.29, 1.82) is 0 Å². The molecule has 24 heavy (non-hydrogen) atoms. The molecule has 0 N–H and O–H groups in total. The predicted octanol–water partition coefficient (Wildman–Crippen LogP) is 5.29. The number of methoxy groups -OCH3 is 1.